The number of hydrogen-bond acceptors (Lipinski definition) is 3. The predicted octanol–water partition coefficient (Wildman–Crippen LogP) is 3.51. The minimum atomic E-state index is 0.673. The van der Waals surface area contributed by atoms with Crippen LogP contribution in [0.25, 0.3) is 0 Å². The molecule has 16 heavy (non-hydrogen) atoms. The molecule has 0 saturated heterocycles. The second kappa shape index (κ2) is 5.68. The van der Waals surface area contributed by atoms with Gasteiger partial charge in [0.25, 0.3) is 0 Å². The molecule has 0 spiro atoms. The fourth-order valence-corrected chi connectivity index (χ4v) is 2.18. The van der Waals surface area contributed by atoms with Crippen molar-refractivity contribution < 1.29 is 4.74 Å². The monoisotopic (exact) mass is 233 g/mol. The molecule has 1 heterocycles. The summed E-state index contributed by atoms with van der Waals surface area (Å²) in [6, 6.07) is 10.5. The highest BCUT2D eigenvalue weighted by Gasteiger charge is 1.96. The number of anilines is 1. The maximum Gasteiger partial charge on any atom is 0.0713 e. The van der Waals surface area contributed by atoms with E-state index in [4.69, 9.17) is 4.74 Å². The quantitative estimate of drug-likeness (QED) is 0.853. The number of rotatable bonds is 5. The third-order valence-corrected chi connectivity index (χ3v) is 3.00. The number of ether oxygens (including phenoxy) is 1. The molecule has 0 fully saturated rings. The molecule has 0 bridgehead atoms. The first-order valence-electron chi connectivity index (χ1n) is 5.21. The summed E-state index contributed by atoms with van der Waals surface area (Å²) in [5.41, 5.74) is 3.68. The van der Waals surface area contributed by atoms with Gasteiger partial charge < -0.3 is 10.1 Å². The molecule has 0 amide bonds. The van der Waals surface area contributed by atoms with Gasteiger partial charge in [0.05, 0.1) is 6.61 Å². The zero-order valence-electron chi connectivity index (χ0n) is 9.27. The lowest BCUT2D eigenvalue weighted by molar-refractivity contribution is 0.185. The first-order valence-corrected chi connectivity index (χ1v) is 6.15. The smallest absolute Gasteiger partial charge is 0.0713 e. The van der Waals surface area contributed by atoms with E-state index in [1.807, 2.05) is 0 Å². The van der Waals surface area contributed by atoms with Crippen LogP contribution in [-0.2, 0) is 17.9 Å². The van der Waals surface area contributed by atoms with E-state index in [1.54, 1.807) is 18.4 Å². The van der Waals surface area contributed by atoms with Gasteiger partial charge in [0.2, 0.25) is 0 Å². The maximum absolute atomic E-state index is 5.11. The summed E-state index contributed by atoms with van der Waals surface area (Å²) in [6.07, 6.45) is 0. The molecule has 0 aliphatic carbocycles. The number of hydrogen-bond donors (Lipinski definition) is 1. The van der Waals surface area contributed by atoms with Crippen molar-refractivity contribution in [3.63, 3.8) is 0 Å². The van der Waals surface area contributed by atoms with Crippen molar-refractivity contribution in [3.8, 4) is 0 Å². The van der Waals surface area contributed by atoms with Gasteiger partial charge in [-0.3, -0.25) is 0 Å². The van der Waals surface area contributed by atoms with Crippen LogP contribution in [0, 0.1) is 0 Å². The molecule has 1 N–H and O–H groups in total. The zero-order valence-corrected chi connectivity index (χ0v) is 10.1. The highest BCUT2D eigenvalue weighted by Crippen LogP contribution is 2.14. The van der Waals surface area contributed by atoms with Crippen LogP contribution in [0.15, 0.2) is 41.1 Å². The van der Waals surface area contributed by atoms with Crippen molar-refractivity contribution in [2.45, 2.75) is 13.2 Å². The second-order valence-corrected chi connectivity index (χ2v) is 4.40. The lowest BCUT2D eigenvalue weighted by Gasteiger charge is -2.06. The van der Waals surface area contributed by atoms with E-state index in [-0.39, 0.29) is 0 Å². The van der Waals surface area contributed by atoms with Crippen LogP contribution >= 0.6 is 11.3 Å². The van der Waals surface area contributed by atoms with Crippen molar-refractivity contribution in [2.75, 3.05) is 12.4 Å². The summed E-state index contributed by atoms with van der Waals surface area (Å²) in [6.45, 7) is 1.53. The van der Waals surface area contributed by atoms with Gasteiger partial charge in [-0.2, -0.15) is 11.3 Å². The number of nitrogens with one attached hydrogen (secondary N) is 1. The number of thiophene rings is 1. The topological polar surface area (TPSA) is 21.3 Å². The zero-order chi connectivity index (χ0) is 11.2. The van der Waals surface area contributed by atoms with Crippen molar-refractivity contribution in [3.05, 3.63) is 52.2 Å². The molecular weight excluding hydrogens is 218 g/mol. The fourth-order valence-electron chi connectivity index (χ4n) is 1.57. The summed E-state index contributed by atoms with van der Waals surface area (Å²) in [5, 5.41) is 7.56. The average molecular weight is 233 g/mol. The normalized spacial score (nSPS) is 10.3. The average Bonchev–Trinajstić information content (AvgIpc) is 2.80. The summed E-state index contributed by atoms with van der Waals surface area (Å²) >= 11 is 1.70. The summed E-state index contributed by atoms with van der Waals surface area (Å²) in [4.78, 5) is 0. The van der Waals surface area contributed by atoms with Gasteiger partial charge in [0.1, 0.15) is 0 Å². The minimum absolute atomic E-state index is 0.673. The Morgan fingerprint density at radius 2 is 2.12 bits per heavy atom. The third-order valence-electron chi connectivity index (χ3n) is 2.32. The Bertz CT molecular complexity index is 425. The Balaban J connectivity index is 1.96. The van der Waals surface area contributed by atoms with Crippen LogP contribution in [0.4, 0.5) is 5.69 Å². The van der Waals surface area contributed by atoms with Gasteiger partial charge in [0, 0.05) is 24.7 Å². The van der Waals surface area contributed by atoms with Gasteiger partial charge in [-0.25, -0.2) is 0 Å². The Kier molecular flexibility index (Phi) is 3.97. The van der Waals surface area contributed by atoms with Gasteiger partial charge in [-0.1, -0.05) is 24.3 Å². The lowest BCUT2D eigenvalue weighted by Crippen LogP contribution is -1.99. The van der Waals surface area contributed by atoms with Gasteiger partial charge in [-0.15, -0.1) is 0 Å². The van der Waals surface area contributed by atoms with Crippen LogP contribution in [0.1, 0.15) is 11.1 Å². The van der Waals surface area contributed by atoms with E-state index in [1.165, 1.54) is 16.8 Å². The van der Waals surface area contributed by atoms with Crippen LogP contribution < -0.4 is 5.32 Å². The Labute approximate surface area is 99.9 Å². The predicted molar refractivity (Wildman–Crippen MR) is 68.8 cm³/mol. The first-order chi connectivity index (χ1) is 7.88. The molecule has 0 aliphatic rings. The molecule has 2 nitrogen and oxygen atoms in total. The minimum Gasteiger partial charge on any atom is -0.380 e. The molecule has 0 radical (unpaired) electrons. The van der Waals surface area contributed by atoms with Crippen molar-refractivity contribution in [1.82, 2.24) is 0 Å². The van der Waals surface area contributed by atoms with Crippen LogP contribution in [0.3, 0.4) is 0 Å². The molecule has 0 saturated carbocycles. The summed E-state index contributed by atoms with van der Waals surface area (Å²) in [5.74, 6) is 0. The Morgan fingerprint density at radius 3 is 2.88 bits per heavy atom. The molecule has 0 unspecified atom stereocenters. The van der Waals surface area contributed by atoms with E-state index >= 15 is 0 Å². The van der Waals surface area contributed by atoms with E-state index in [9.17, 15) is 0 Å². The molecule has 2 rings (SSSR count). The largest absolute Gasteiger partial charge is 0.380 e. The third kappa shape index (κ3) is 3.08. The summed E-state index contributed by atoms with van der Waals surface area (Å²) < 4.78 is 5.11. The van der Waals surface area contributed by atoms with Crippen molar-refractivity contribution in [2.24, 2.45) is 0 Å². The van der Waals surface area contributed by atoms with Gasteiger partial charge >= 0.3 is 0 Å². The molecule has 3 heteroatoms. The molecule has 2 aromatic rings. The Hall–Kier alpha value is -1.32. The second-order valence-electron chi connectivity index (χ2n) is 3.62. The summed E-state index contributed by atoms with van der Waals surface area (Å²) in [7, 11) is 1.72. The van der Waals surface area contributed by atoms with Crippen LogP contribution in [-0.4, -0.2) is 7.11 Å². The van der Waals surface area contributed by atoms with Gasteiger partial charge in [-0.05, 0) is 22.6 Å². The molecule has 0 aliphatic heterocycles. The van der Waals surface area contributed by atoms with Gasteiger partial charge in [0.15, 0.2) is 0 Å². The molecular formula is C13H15NOS. The molecule has 1 aromatic carbocycles. The molecule has 1 aromatic heterocycles. The standard InChI is InChI=1S/C13H15NOS/c1-15-9-12-4-2-3-11(7-12)8-14-13-5-6-16-10-13/h2-7,10,14H,8-9H2,1H3. The highest BCUT2D eigenvalue weighted by molar-refractivity contribution is 7.08. The first kappa shape index (κ1) is 11.2. The van der Waals surface area contributed by atoms with E-state index < -0.39 is 0 Å². The molecule has 0 atom stereocenters. The number of methoxy groups -OCH3 is 1. The SMILES string of the molecule is COCc1cccc(CNc2ccsc2)c1. The fraction of sp³-hybridized carbons (Fsp3) is 0.231. The van der Waals surface area contributed by atoms with Crippen molar-refractivity contribution >= 4 is 17.0 Å². The van der Waals surface area contributed by atoms with E-state index in [0.29, 0.717) is 6.61 Å². The molecule has 84 valence electrons. The van der Waals surface area contributed by atoms with Crippen molar-refractivity contribution in [1.29, 1.82) is 0 Å². The lowest BCUT2D eigenvalue weighted by atomic mass is 10.1. The van der Waals surface area contributed by atoms with Crippen LogP contribution in [0.5, 0.6) is 0 Å². The maximum atomic E-state index is 5.11. The van der Waals surface area contributed by atoms with Crippen LogP contribution in [0.2, 0.25) is 0 Å². The Morgan fingerprint density at radius 1 is 1.25 bits per heavy atom. The highest BCUT2D eigenvalue weighted by atomic mass is 32.1. The van der Waals surface area contributed by atoms with E-state index in [2.05, 4.69) is 46.4 Å². The number of benzene rings is 1. The van der Waals surface area contributed by atoms with E-state index in [0.717, 1.165) is 6.54 Å².